The first-order chi connectivity index (χ1) is 18.5. The van der Waals surface area contributed by atoms with Crippen molar-refractivity contribution in [1.82, 2.24) is 10.2 Å². The van der Waals surface area contributed by atoms with Gasteiger partial charge >= 0.3 is 0 Å². The van der Waals surface area contributed by atoms with Crippen LogP contribution in [0.4, 0.5) is 0 Å². The van der Waals surface area contributed by atoms with Gasteiger partial charge in [-0.2, -0.15) is 0 Å². The number of allylic oxidation sites excluding steroid dienone is 1. The van der Waals surface area contributed by atoms with Gasteiger partial charge in [-0.15, -0.1) is 0 Å². The highest BCUT2D eigenvalue weighted by molar-refractivity contribution is 6.24. The zero-order chi connectivity index (χ0) is 28.4. The van der Waals surface area contributed by atoms with Crippen LogP contribution in [0.5, 0.6) is 11.5 Å². The predicted molar refractivity (Wildman–Crippen MR) is 139 cm³/mol. The van der Waals surface area contributed by atoms with Crippen LogP contribution in [0.1, 0.15) is 60.6 Å². The van der Waals surface area contributed by atoms with E-state index >= 15 is 0 Å². The lowest BCUT2D eigenvalue weighted by Gasteiger charge is -2.49. The molecule has 1 saturated heterocycles. The van der Waals surface area contributed by atoms with Gasteiger partial charge in [0, 0.05) is 28.7 Å². The van der Waals surface area contributed by atoms with Crippen LogP contribution in [0.2, 0.25) is 0 Å². The van der Waals surface area contributed by atoms with Gasteiger partial charge in [0.2, 0.25) is 5.78 Å². The van der Waals surface area contributed by atoms with Crippen LogP contribution in [-0.2, 0) is 16.0 Å². The number of Topliss-reactive ketones (excluding diaryl/α,β-unsaturated/α-hetero) is 2. The van der Waals surface area contributed by atoms with E-state index in [2.05, 4.69) is 17.1 Å². The topological polar surface area (TPSA) is 183 Å². The van der Waals surface area contributed by atoms with Crippen molar-refractivity contribution in [3.63, 3.8) is 0 Å². The molecular formula is C28H35N3O8. The standard InChI is InChI=1S/C28H35N3O8/c1-4-30-21-15-10-12-9-14-19(17(32)11-13(24(14)39-3)16-7-6-8-31(16)5-2)22(33)18(12)25(35)28(15,38)26(36)20(23(21)34)27(29)37/h11-12,15-16,21,30,32,34-35,38H,4-10H2,1-3H3,(H2,29,37)/t12-,15-,16+,21-,28-/m0/s1. The fourth-order valence-electron chi connectivity index (χ4n) is 7.25. The Morgan fingerprint density at radius 1 is 1.26 bits per heavy atom. The first kappa shape index (κ1) is 27.2. The third-order valence-electron chi connectivity index (χ3n) is 8.94. The summed E-state index contributed by atoms with van der Waals surface area (Å²) in [5.41, 5.74) is 2.93. The lowest BCUT2D eigenvalue weighted by molar-refractivity contribution is -0.146. The number of ether oxygens (including phenoxy) is 1. The number of benzene rings is 1. The van der Waals surface area contributed by atoms with E-state index in [1.807, 2.05) is 0 Å². The molecule has 1 aliphatic heterocycles. The van der Waals surface area contributed by atoms with Crippen molar-refractivity contribution in [2.45, 2.75) is 57.2 Å². The maximum Gasteiger partial charge on any atom is 0.255 e. The number of nitrogens with zero attached hydrogens (tertiary/aromatic N) is 1. The monoisotopic (exact) mass is 541 g/mol. The van der Waals surface area contributed by atoms with E-state index in [9.17, 15) is 34.8 Å². The van der Waals surface area contributed by atoms with Crippen molar-refractivity contribution in [3.8, 4) is 11.5 Å². The third kappa shape index (κ3) is 3.70. The highest BCUT2D eigenvalue weighted by Crippen LogP contribution is 2.54. The van der Waals surface area contributed by atoms with Gasteiger partial charge in [-0.1, -0.05) is 13.8 Å². The molecule has 5 atom stereocenters. The molecule has 0 bridgehead atoms. The number of primary amides is 1. The van der Waals surface area contributed by atoms with E-state index in [0.29, 0.717) is 17.9 Å². The highest BCUT2D eigenvalue weighted by Gasteiger charge is 2.62. The van der Waals surface area contributed by atoms with Gasteiger partial charge in [0.1, 0.15) is 28.6 Å². The Hall–Kier alpha value is -3.41. The number of likely N-dealkylation sites (N-methyl/N-ethyl adjacent to an activating group) is 1. The summed E-state index contributed by atoms with van der Waals surface area (Å²) in [5, 5.41) is 48.0. The number of ketones is 2. The fraction of sp³-hybridized carbons (Fsp3) is 0.536. The number of aliphatic hydroxyl groups excluding tert-OH is 2. The molecule has 5 rings (SSSR count). The molecule has 1 heterocycles. The number of methoxy groups -OCH3 is 1. The van der Waals surface area contributed by atoms with Gasteiger partial charge in [0.25, 0.3) is 5.91 Å². The maximum atomic E-state index is 13.9. The molecule has 7 N–H and O–H groups in total. The largest absolute Gasteiger partial charge is 0.510 e. The Morgan fingerprint density at radius 3 is 2.59 bits per heavy atom. The van der Waals surface area contributed by atoms with Crippen LogP contribution in [0.25, 0.3) is 0 Å². The number of fused-ring (bicyclic) bond motifs is 3. The molecule has 0 radical (unpaired) electrons. The number of amides is 1. The summed E-state index contributed by atoms with van der Waals surface area (Å²) in [6.07, 6.45) is 2.09. The normalized spacial score (nSPS) is 30.8. The molecule has 0 aromatic heterocycles. The van der Waals surface area contributed by atoms with Crippen molar-refractivity contribution in [2.75, 3.05) is 26.7 Å². The SMILES string of the molecule is CCN[C@@H]1C(O)=C(C(N)=O)C(=O)[C@@]2(O)C(O)=C3C(=O)c4c(O)cc([C@H]5CCCN5CC)c(OC)c4C[C@H]3C[C@@H]12. The number of hydrogen-bond acceptors (Lipinski definition) is 10. The predicted octanol–water partition coefficient (Wildman–Crippen LogP) is 1.33. The molecule has 39 heavy (non-hydrogen) atoms. The lowest BCUT2D eigenvalue weighted by Crippen LogP contribution is -2.64. The minimum Gasteiger partial charge on any atom is -0.510 e. The number of carbonyl (C=O) groups excluding carboxylic acids is 3. The molecule has 3 aliphatic carbocycles. The minimum atomic E-state index is -2.66. The van der Waals surface area contributed by atoms with Gasteiger partial charge in [0.05, 0.1) is 18.7 Å². The lowest BCUT2D eigenvalue weighted by atomic mass is 9.58. The minimum absolute atomic E-state index is 0.0152. The van der Waals surface area contributed by atoms with E-state index < -0.39 is 58.0 Å². The van der Waals surface area contributed by atoms with Gasteiger partial charge in [-0.3, -0.25) is 19.3 Å². The van der Waals surface area contributed by atoms with Crippen molar-refractivity contribution in [2.24, 2.45) is 17.6 Å². The van der Waals surface area contributed by atoms with E-state index in [1.165, 1.54) is 13.2 Å². The smallest absolute Gasteiger partial charge is 0.255 e. The molecule has 0 unspecified atom stereocenters. The quantitative estimate of drug-likeness (QED) is 0.287. The number of carbonyl (C=O) groups is 3. The van der Waals surface area contributed by atoms with Crippen molar-refractivity contribution >= 4 is 17.5 Å². The average Bonchev–Trinajstić information content (AvgIpc) is 3.37. The van der Waals surface area contributed by atoms with Crippen molar-refractivity contribution in [3.05, 3.63) is 45.4 Å². The summed E-state index contributed by atoms with van der Waals surface area (Å²) in [5.74, 6) is -6.22. The molecule has 210 valence electrons. The van der Waals surface area contributed by atoms with E-state index in [4.69, 9.17) is 10.5 Å². The fourth-order valence-corrected chi connectivity index (χ4v) is 7.25. The van der Waals surface area contributed by atoms with Crippen molar-refractivity contribution in [1.29, 1.82) is 0 Å². The summed E-state index contributed by atoms with van der Waals surface area (Å²) in [7, 11) is 1.52. The number of hydrogen-bond donors (Lipinski definition) is 6. The molecule has 1 fully saturated rings. The van der Waals surface area contributed by atoms with E-state index in [0.717, 1.165) is 31.5 Å². The van der Waals surface area contributed by atoms with Crippen LogP contribution in [0.3, 0.4) is 0 Å². The Bertz CT molecular complexity index is 1330. The molecular weight excluding hydrogens is 506 g/mol. The second-order valence-corrected chi connectivity index (χ2v) is 10.7. The van der Waals surface area contributed by atoms with E-state index in [-0.39, 0.29) is 35.8 Å². The van der Waals surface area contributed by atoms with Gasteiger partial charge in [-0.05, 0) is 57.3 Å². The second kappa shape index (κ2) is 9.65. The molecule has 4 aliphatic rings. The number of phenols is 1. The summed E-state index contributed by atoms with van der Waals surface area (Å²) in [6, 6.07) is 0.478. The zero-order valence-electron chi connectivity index (χ0n) is 22.3. The molecule has 1 amide bonds. The maximum absolute atomic E-state index is 13.9. The first-order valence-electron chi connectivity index (χ1n) is 13.4. The number of likely N-dealkylation sites (tertiary alicyclic amines) is 1. The number of aromatic hydroxyl groups is 1. The number of phenolic OH excluding ortho intramolecular Hbond substituents is 1. The number of aliphatic hydroxyl groups is 3. The van der Waals surface area contributed by atoms with Gasteiger partial charge < -0.3 is 36.2 Å². The first-order valence-corrected chi connectivity index (χ1v) is 13.4. The molecule has 11 heteroatoms. The van der Waals surface area contributed by atoms with Gasteiger partial charge in [0.15, 0.2) is 11.4 Å². The van der Waals surface area contributed by atoms with Crippen molar-refractivity contribution < 1.29 is 39.5 Å². The Kier molecular flexibility index (Phi) is 6.72. The molecule has 1 aromatic rings. The summed E-state index contributed by atoms with van der Waals surface area (Å²) in [6.45, 7) is 5.85. The highest BCUT2D eigenvalue weighted by atomic mass is 16.5. The Labute approximate surface area is 225 Å². The molecule has 11 nitrogen and oxygen atoms in total. The van der Waals surface area contributed by atoms with Crippen LogP contribution < -0.4 is 15.8 Å². The average molecular weight is 542 g/mol. The second-order valence-electron chi connectivity index (χ2n) is 10.7. The Balaban J connectivity index is 1.68. The summed E-state index contributed by atoms with van der Waals surface area (Å²) < 4.78 is 5.84. The van der Waals surface area contributed by atoms with Crippen LogP contribution in [-0.4, -0.2) is 81.2 Å². The number of rotatable bonds is 6. The summed E-state index contributed by atoms with van der Waals surface area (Å²) >= 11 is 0. The van der Waals surface area contributed by atoms with Crippen LogP contribution in [0, 0.1) is 11.8 Å². The van der Waals surface area contributed by atoms with Crippen LogP contribution >= 0.6 is 0 Å². The zero-order valence-corrected chi connectivity index (χ0v) is 22.3. The Morgan fingerprint density at radius 2 is 1.97 bits per heavy atom. The molecule has 0 saturated carbocycles. The number of nitrogens with one attached hydrogen (secondary N) is 1. The number of nitrogens with two attached hydrogens (primary N) is 1. The van der Waals surface area contributed by atoms with Crippen LogP contribution in [0.15, 0.2) is 28.7 Å². The summed E-state index contributed by atoms with van der Waals surface area (Å²) in [4.78, 5) is 41.6. The molecule has 0 spiro atoms. The molecule has 1 aromatic carbocycles. The van der Waals surface area contributed by atoms with E-state index in [1.54, 1.807) is 6.92 Å². The third-order valence-corrected chi connectivity index (χ3v) is 8.94. The van der Waals surface area contributed by atoms with Gasteiger partial charge in [-0.25, -0.2) is 0 Å².